The molecule has 0 radical (unpaired) electrons. The molecule has 0 heterocycles. The Hall–Kier alpha value is -2.75. The average molecular weight is 492 g/mol. The summed E-state index contributed by atoms with van der Waals surface area (Å²) in [5, 5.41) is 0. The molecule has 31 heavy (non-hydrogen) atoms. The topological polar surface area (TPSA) is 0 Å². The molecule has 0 atom stereocenters. The largest absolute Gasteiger partial charge is 0.460 e. The summed E-state index contributed by atoms with van der Waals surface area (Å²) in [5.74, 6) is -47.5. The lowest BCUT2D eigenvalue weighted by molar-refractivity contribution is -0.271. The van der Waals surface area contributed by atoms with Gasteiger partial charge in [0.25, 0.3) is 0 Å². The van der Waals surface area contributed by atoms with E-state index >= 15 is 0 Å². The van der Waals surface area contributed by atoms with Crippen LogP contribution in [0.1, 0.15) is 0 Å². The molecule has 176 valence electrons. The molecule has 0 unspecified atom stereocenters. The van der Waals surface area contributed by atoms with Crippen molar-refractivity contribution in [2.24, 2.45) is 0 Å². The summed E-state index contributed by atoms with van der Waals surface area (Å²) in [6.45, 7) is 0. The summed E-state index contributed by atoms with van der Waals surface area (Å²) >= 11 is 0. The molecule has 0 saturated heterocycles. The van der Waals surface area contributed by atoms with Gasteiger partial charge >= 0.3 is 12.1 Å². The molecule has 0 rings (SSSR count). The van der Waals surface area contributed by atoms with Crippen LogP contribution in [-0.4, -0.2) is 12.1 Å². The van der Waals surface area contributed by atoms with Gasteiger partial charge in [-0.3, -0.25) is 0 Å². The van der Waals surface area contributed by atoms with Crippen LogP contribution in [0.15, 0.2) is 70.4 Å². The van der Waals surface area contributed by atoms with Crippen LogP contribution in [0.4, 0.5) is 74.6 Å². The Balaban J connectivity index is 6.65. The van der Waals surface area contributed by atoms with Gasteiger partial charge in [0.2, 0.25) is 46.6 Å². The molecule has 0 aliphatic rings. The molecular weight excluding hydrogens is 491 g/mol. The second-order valence-electron chi connectivity index (χ2n) is 4.67. The Morgan fingerprint density at radius 3 is 0.935 bits per heavy atom. The lowest BCUT2D eigenvalue weighted by atomic mass is 10.2. The summed E-state index contributed by atoms with van der Waals surface area (Å²) in [4.78, 5) is 0. The van der Waals surface area contributed by atoms with Gasteiger partial charge in [-0.2, -0.15) is 22.0 Å². The Bertz CT molecular complexity index is 906. The summed E-state index contributed by atoms with van der Waals surface area (Å²) in [6, 6.07) is 0. The molecule has 0 aromatic carbocycles. The van der Waals surface area contributed by atoms with E-state index in [9.17, 15) is 74.6 Å². The molecule has 0 saturated carbocycles. The first-order chi connectivity index (χ1) is 13.8. The Labute approximate surface area is 158 Å². The van der Waals surface area contributed by atoms with Crippen LogP contribution in [0.2, 0.25) is 0 Å². The minimum absolute atomic E-state index is 1.37. The molecule has 0 bridgehead atoms. The molecule has 0 N–H and O–H groups in total. The standard InChI is InChI=1S/C14HF17/c15-1-2(16)3(17)4(18)5(19)6(20)7(21)8(22)9(23)10(24)11(25)12(26)13(27,28)14(29,30)31/h1H/b2-1-,4-3+,6-5+,8-7+,10-9+,12-11+. The van der Waals surface area contributed by atoms with Crippen LogP contribution in [-0.2, 0) is 0 Å². The van der Waals surface area contributed by atoms with Gasteiger partial charge in [0.15, 0.2) is 17.5 Å². The van der Waals surface area contributed by atoms with Gasteiger partial charge in [0.1, 0.15) is 6.33 Å². The molecule has 0 aliphatic carbocycles. The van der Waals surface area contributed by atoms with E-state index in [0.717, 1.165) is 0 Å². The minimum Gasteiger partial charge on any atom is -0.212 e. The van der Waals surface area contributed by atoms with Crippen LogP contribution in [0, 0.1) is 0 Å². The van der Waals surface area contributed by atoms with E-state index in [2.05, 4.69) is 0 Å². The van der Waals surface area contributed by atoms with Gasteiger partial charge in [-0.15, -0.1) is 0 Å². The third-order valence-electron chi connectivity index (χ3n) is 2.67. The van der Waals surface area contributed by atoms with Gasteiger partial charge in [0.05, 0.1) is 0 Å². The van der Waals surface area contributed by atoms with Crippen molar-refractivity contribution < 1.29 is 74.6 Å². The van der Waals surface area contributed by atoms with Gasteiger partial charge in [-0.25, -0.2) is 52.7 Å². The highest BCUT2D eigenvalue weighted by molar-refractivity contribution is 5.42. The van der Waals surface area contributed by atoms with Gasteiger partial charge in [-0.1, -0.05) is 0 Å². The highest BCUT2D eigenvalue weighted by Gasteiger charge is 2.62. The lowest BCUT2D eigenvalue weighted by Gasteiger charge is -2.17. The average Bonchev–Trinajstić information content (AvgIpc) is 2.71. The van der Waals surface area contributed by atoms with Crippen molar-refractivity contribution in [2.75, 3.05) is 0 Å². The molecule has 0 amide bonds. The van der Waals surface area contributed by atoms with Crippen molar-refractivity contribution >= 4 is 0 Å². The zero-order chi connectivity index (χ0) is 25.1. The number of alkyl halides is 5. The zero-order valence-corrected chi connectivity index (χ0v) is 13.5. The van der Waals surface area contributed by atoms with Crippen LogP contribution >= 0.6 is 0 Å². The van der Waals surface area contributed by atoms with Gasteiger partial charge in [0, 0.05) is 0 Å². The van der Waals surface area contributed by atoms with Gasteiger partial charge < -0.3 is 0 Å². The quantitative estimate of drug-likeness (QED) is 0.257. The SMILES string of the molecule is F/C=C(F)/C(F)=C(F)/C(F)=C(F)/C(F)=C(F)/C(F)=C(F)/C(F)=C(\F)C(F)(F)C(F)(F)F. The monoisotopic (exact) mass is 492 g/mol. The Morgan fingerprint density at radius 1 is 0.419 bits per heavy atom. The fourth-order valence-electron chi connectivity index (χ4n) is 1.19. The molecule has 0 nitrogen and oxygen atoms in total. The molecule has 0 aromatic heterocycles. The third kappa shape index (κ3) is 5.90. The second-order valence-corrected chi connectivity index (χ2v) is 4.67. The maximum absolute atomic E-state index is 13.2. The summed E-state index contributed by atoms with van der Waals surface area (Å²) in [6.07, 6.45) is -8.30. The predicted octanol–water partition coefficient (Wildman–Crippen LogP) is 8.72. The molecule has 0 fully saturated rings. The molecular formula is C14HF17. The fourth-order valence-corrected chi connectivity index (χ4v) is 1.19. The highest BCUT2D eigenvalue weighted by Crippen LogP contribution is 2.45. The predicted molar refractivity (Wildman–Crippen MR) is 67.5 cm³/mol. The smallest absolute Gasteiger partial charge is 0.212 e. The third-order valence-corrected chi connectivity index (χ3v) is 2.67. The number of halogens is 17. The second kappa shape index (κ2) is 10.0. The number of hydrogen-bond donors (Lipinski definition) is 0. The van der Waals surface area contributed by atoms with Crippen LogP contribution < -0.4 is 0 Å². The first-order valence-corrected chi connectivity index (χ1v) is 6.53. The first kappa shape index (κ1) is 28.2. The van der Waals surface area contributed by atoms with E-state index in [0.29, 0.717) is 0 Å². The van der Waals surface area contributed by atoms with Crippen molar-refractivity contribution in [3.63, 3.8) is 0 Å². The molecule has 0 aromatic rings. The maximum Gasteiger partial charge on any atom is 0.460 e. The van der Waals surface area contributed by atoms with E-state index in [-0.39, 0.29) is 0 Å². The molecule has 0 spiro atoms. The summed E-state index contributed by atoms with van der Waals surface area (Å²) in [7, 11) is 0. The fraction of sp³-hybridized carbons (Fsp3) is 0.143. The van der Waals surface area contributed by atoms with Crippen molar-refractivity contribution in [2.45, 2.75) is 12.1 Å². The van der Waals surface area contributed by atoms with Crippen LogP contribution in [0.25, 0.3) is 0 Å². The summed E-state index contributed by atoms with van der Waals surface area (Å²) < 4.78 is 215. The van der Waals surface area contributed by atoms with Crippen LogP contribution in [0.5, 0.6) is 0 Å². The van der Waals surface area contributed by atoms with Crippen LogP contribution in [0.3, 0.4) is 0 Å². The van der Waals surface area contributed by atoms with Crippen molar-refractivity contribution in [3.05, 3.63) is 70.4 Å². The van der Waals surface area contributed by atoms with Crippen molar-refractivity contribution in [1.29, 1.82) is 0 Å². The van der Waals surface area contributed by atoms with E-state index < -0.39 is 82.5 Å². The van der Waals surface area contributed by atoms with E-state index in [1.54, 1.807) is 0 Å². The summed E-state index contributed by atoms with van der Waals surface area (Å²) in [5.41, 5.74) is 0. The van der Waals surface area contributed by atoms with Crippen molar-refractivity contribution in [1.82, 2.24) is 0 Å². The lowest BCUT2D eigenvalue weighted by Crippen LogP contribution is -2.37. The van der Waals surface area contributed by atoms with Gasteiger partial charge in [-0.05, 0) is 0 Å². The Morgan fingerprint density at radius 2 is 0.677 bits per heavy atom. The molecule has 0 aliphatic heterocycles. The zero-order valence-electron chi connectivity index (χ0n) is 13.5. The van der Waals surface area contributed by atoms with Crippen molar-refractivity contribution in [3.8, 4) is 0 Å². The molecule has 17 heteroatoms. The normalized spacial score (nSPS) is 18.0. The highest BCUT2D eigenvalue weighted by atomic mass is 19.4. The number of rotatable bonds is 6. The number of allylic oxidation sites excluding steroid dienone is 11. The number of hydrogen-bond acceptors (Lipinski definition) is 0. The van der Waals surface area contributed by atoms with E-state index in [1.807, 2.05) is 0 Å². The maximum atomic E-state index is 13.2. The minimum atomic E-state index is -6.93. The Kier molecular flexibility index (Phi) is 9.15. The van der Waals surface area contributed by atoms with E-state index in [4.69, 9.17) is 0 Å². The first-order valence-electron chi connectivity index (χ1n) is 6.53. The van der Waals surface area contributed by atoms with E-state index in [1.165, 1.54) is 0 Å².